The predicted molar refractivity (Wildman–Crippen MR) is 91.0 cm³/mol. The molecule has 0 bridgehead atoms. The minimum Gasteiger partial charge on any atom is -0.493 e. The summed E-state index contributed by atoms with van der Waals surface area (Å²) in [6.07, 6.45) is 1.07. The van der Waals surface area contributed by atoms with Crippen LogP contribution in [0.25, 0.3) is 0 Å². The van der Waals surface area contributed by atoms with Crippen LogP contribution in [-0.2, 0) is 6.42 Å². The molecular formula is C17H19INO2+. The number of benzene rings is 2. The van der Waals surface area contributed by atoms with Crippen molar-refractivity contribution in [1.82, 2.24) is 0 Å². The summed E-state index contributed by atoms with van der Waals surface area (Å²) < 4.78 is 12.2. The Balaban J connectivity index is 2.09. The average Bonchev–Trinajstić information content (AvgIpc) is 2.52. The van der Waals surface area contributed by atoms with Gasteiger partial charge in [0.25, 0.3) is 0 Å². The van der Waals surface area contributed by atoms with Crippen molar-refractivity contribution in [2.75, 3.05) is 20.8 Å². The minimum atomic E-state index is 0.336. The van der Waals surface area contributed by atoms with Crippen molar-refractivity contribution in [3.63, 3.8) is 0 Å². The third kappa shape index (κ3) is 2.87. The lowest BCUT2D eigenvalue weighted by atomic mass is 9.89. The van der Waals surface area contributed by atoms with Crippen molar-refractivity contribution in [1.29, 1.82) is 0 Å². The van der Waals surface area contributed by atoms with E-state index in [2.05, 4.69) is 64.3 Å². The Morgan fingerprint density at radius 1 is 1.10 bits per heavy atom. The Hall–Kier alpha value is -1.27. The van der Waals surface area contributed by atoms with E-state index in [0.717, 1.165) is 24.5 Å². The first kappa shape index (κ1) is 14.7. The van der Waals surface area contributed by atoms with Crippen LogP contribution in [0.1, 0.15) is 22.7 Å². The van der Waals surface area contributed by atoms with E-state index in [1.54, 1.807) is 14.2 Å². The maximum atomic E-state index is 5.47. The molecule has 0 spiro atoms. The van der Waals surface area contributed by atoms with Gasteiger partial charge in [0.05, 0.1) is 20.8 Å². The van der Waals surface area contributed by atoms with Crippen LogP contribution in [0.2, 0.25) is 0 Å². The highest BCUT2D eigenvalue weighted by Crippen LogP contribution is 2.35. The Kier molecular flexibility index (Phi) is 4.35. The SMILES string of the molecule is COc1cc2c(cc1OC)[C@H](c1cccc(I)c1)[NH2+]CC2. The molecule has 1 aliphatic rings. The molecule has 2 aromatic carbocycles. The average molecular weight is 396 g/mol. The second kappa shape index (κ2) is 6.23. The van der Waals surface area contributed by atoms with Crippen LogP contribution in [0.15, 0.2) is 36.4 Å². The van der Waals surface area contributed by atoms with Gasteiger partial charge in [-0.25, -0.2) is 0 Å². The number of hydrogen-bond acceptors (Lipinski definition) is 2. The first-order chi connectivity index (χ1) is 10.2. The molecule has 3 rings (SSSR count). The van der Waals surface area contributed by atoms with E-state index in [1.165, 1.54) is 20.3 Å². The smallest absolute Gasteiger partial charge is 0.161 e. The van der Waals surface area contributed by atoms with E-state index >= 15 is 0 Å². The molecule has 1 heterocycles. The van der Waals surface area contributed by atoms with Crippen molar-refractivity contribution in [2.24, 2.45) is 0 Å². The van der Waals surface area contributed by atoms with Crippen LogP contribution in [0.4, 0.5) is 0 Å². The molecule has 1 aliphatic heterocycles. The molecule has 110 valence electrons. The third-order valence-electron chi connectivity index (χ3n) is 4.00. The molecule has 4 heteroatoms. The van der Waals surface area contributed by atoms with Gasteiger partial charge in [-0.05, 0) is 52.4 Å². The number of hydrogen-bond donors (Lipinski definition) is 1. The van der Waals surface area contributed by atoms with Gasteiger partial charge in [0, 0.05) is 21.1 Å². The number of methoxy groups -OCH3 is 2. The number of halogens is 1. The van der Waals surface area contributed by atoms with Crippen LogP contribution in [0.5, 0.6) is 11.5 Å². The highest BCUT2D eigenvalue weighted by Gasteiger charge is 2.27. The Labute approximate surface area is 138 Å². The molecule has 0 saturated carbocycles. The van der Waals surface area contributed by atoms with Crippen molar-refractivity contribution in [3.8, 4) is 11.5 Å². The Bertz CT molecular complexity index is 657. The van der Waals surface area contributed by atoms with Gasteiger partial charge >= 0.3 is 0 Å². The lowest BCUT2D eigenvalue weighted by molar-refractivity contribution is -0.690. The summed E-state index contributed by atoms with van der Waals surface area (Å²) in [6.45, 7) is 1.10. The fourth-order valence-corrected chi connectivity index (χ4v) is 3.56. The molecule has 2 N–H and O–H groups in total. The topological polar surface area (TPSA) is 35.1 Å². The number of rotatable bonds is 3. The monoisotopic (exact) mass is 396 g/mol. The van der Waals surface area contributed by atoms with Crippen LogP contribution in [-0.4, -0.2) is 20.8 Å². The van der Waals surface area contributed by atoms with E-state index < -0.39 is 0 Å². The van der Waals surface area contributed by atoms with Gasteiger partial charge in [-0.15, -0.1) is 0 Å². The van der Waals surface area contributed by atoms with Crippen molar-refractivity contribution in [2.45, 2.75) is 12.5 Å². The predicted octanol–water partition coefficient (Wildman–Crippen LogP) is 2.52. The summed E-state index contributed by atoms with van der Waals surface area (Å²) >= 11 is 2.37. The lowest BCUT2D eigenvalue weighted by Crippen LogP contribution is -2.87. The zero-order valence-electron chi connectivity index (χ0n) is 12.2. The molecule has 0 aliphatic carbocycles. The van der Waals surface area contributed by atoms with Gasteiger partial charge < -0.3 is 14.8 Å². The largest absolute Gasteiger partial charge is 0.493 e. The number of ether oxygens (including phenoxy) is 2. The van der Waals surface area contributed by atoms with E-state index in [-0.39, 0.29) is 0 Å². The van der Waals surface area contributed by atoms with Crippen LogP contribution >= 0.6 is 22.6 Å². The van der Waals surface area contributed by atoms with E-state index in [1.807, 2.05) is 0 Å². The summed E-state index contributed by atoms with van der Waals surface area (Å²) in [5.74, 6) is 1.63. The van der Waals surface area contributed by atoms with Crippen molar-refractivity contribution < 1.29 is 14.8 Å². The van der Waals surface area contributed by atoms with Gasteiger partial charge in [0.1, 0.15) is 6.04 Å². The maximum Gasteiger partial charge on any atom is 0.161 e. The maximum absolute atomic E-state index is 5.47. The fourth-order valence-electron chi connectivity index (χ4n) is 2.99. The Morgan fingerprint density at radius 2 is 1.86 bits per heavy atom. The first-order valence-electron chi connectivity index (χ1n) is 7.06. The molecule has 2 aromatic rings. The van der Waals surface area contributed by atoms with Gasteiger partial charge in [0.15, 0.2) is 11.5 Å². The van der Waals surface area contributed by atoms with E-state index in [0.29, 0.717) is 6.04 Å². The molecular weight excluding hydrogens is 377 g/mol. The molecule has 1 atom stereocenters. The van der Waals surface area contributed by atoms with Gasteiger partial charge in [-0.3, -0.25) is 0 Å². The molecule has 0 amide bonds. The van der Waals surface area contributed by atoms with Gasteiger partial charge in [0.2, 0.25) is 0 Å². The first-order valence-corrected chi connectivity index (χ1v) is 8.14. The van der Waals surface area contributed by atoms with Crippen molar-refractivity contribution >= 4 is 22.6 Å². The summed E-state index contributed by atoms with van der Waals surface area (Å²) in [7, 11) is 3.38. The highest BCUT2D eigenvalue weighted by atomic mass is 127. The molecule has 3 nitrogen and oxygen atoms in total. The molecule has 0 radical (unpaired) electrons. The van der Waals surface area contributed by atoms with E-state index in [4.69, 9.17) is 9.47 Å². The quantitative estimate of drug-likeness (QED) is 0.810. The van der Waals surface area contributed by atoms with Gasteiger partial charge in [-0.2, -0.15) is 0 Å². The molecule has 0 fully saturated rings. The lowest BCUT2D eigenvalue weighted by Gasteiger charge is -2.25. The third-order valence-corrected chi connectivity index (χ3v) is 4.68. The zero-order valence-corrected chi connectivity index (χ0v) is 14.4. The van der Waals surface area contributed by atoms with Crippen LogP contribution < -0.4 is 14.8 Å². The van der Waals surface area contributed by atoms with Gasteiger partial charge in [-0.1, -0.05) is 12.1 Å². The molecule has 21 heavy (non-hydrogen) atoms. The standard InChI is InChI=1S/C17H18INO2/c1-20-15-9-11-6-7-19-17(14(11)10-16(15)21-2)12-4-3-5-13(18)8-12/h3-5,8-10,17,19H,6-7H2,1-2H3/p+1/t17-/m0/s1. The Morgan fingerprint density at radius 3 is 2.57 bits per heavy atom. The molecule has 0 unspecified atom stereocenters. The zero-order chi connectivity index (χ0) is 14.8. The number of fused-ring (bicyclic) bond motifs is 1. The number of quaternary nitrogens is 1. The summed E-state index contributed by atoms with van der Waals surface area (Å²) in [4.78, 5) is 0. The fraction of sp³-hybridized carbons (Fsp3) is 0.294. The van der Waals surface area contributed by atoms with Crippen molar-refractivity contribution in [3.05, 3.63) is 56.7 Å². The van der Waals surface area contributed by atoms with Crippen LogP contribution in [0, 0.1) is 3.57 Å². The normalized spacial score (nSPS) is 17.2. The summed E-state index contributed by atoms with van der Waals surface area (Å²) in [6, 6.07) is 13.3. The summed E-state index contributed by atoms with van der Waals surface area (Å²) in [5.41, 5.74) is 4.04. The minimum absolute atomic E-state index is 0.336. The second-order valence-corrected chi connectivity index (χ2v) is 6.46. The summed E-state index contributed by atoms with van der Waals surface area (Å²) in [5, 5.41) is 2.40. The van der Waals surface area contributed by atoms with E-state index in [9.17, 15) is 0 Å². The highest BCUT2D eigenvalue weighted by molar-refractivity contribution is 14.1. The number of nitrogens with two attached hydrogens (primary N) is 1. The van der Waals surface area contributed by atoms with Crippen LogP contribution in [0.3, 0.4) is 0 Å². The molecule has 0 saturated heterocycles. The second-order valence-electron chi connectivity index (χ2n) is 5.21. The molecule has 0 aromatic heterocycles.